The van der Waals surface area contributed by atoms with Gasteiger partial charge in [-0.25, -0.2) is 0 Å². The molecule has 27 heavy (non-hydrogen) atoms. The summed E-state index contributed by atoms with van der Waals surface area (Å²) in [7, 11) is -3.34. The van der Waals surface area contributed by atoms with Crippen molar-refractivity contribution in [1.29, 1.82) is 0 Å². The summed E-state index contributed by atoms with van der Waals surface area (Å²) in [5.74, 6) is 0.673. The highest BCUT2D eigenvalue weighted by atomic mass is 32.2. The molecule has 2 aliphatic heterocycles. The van der Waals surface area contributed by atoms with Crippen molar-refractivity contribution in [2.75, 3.05) is 26.2 Å². The summed E-state index contributed by atoms with van der Waals surface area (Å²) < 4.78 is 29.9. The van der Waals surface area contributed by atoms with Crippen LogP contribution >= 0.6 is 0 Å². The number of hydrogen-bond donors (Lipinski definition) is 1. The summed E-state index contributed by atoms with van der Waals surface area (Å²) >= 11 is 0. The topological polar surface area (TPSA) is 52.7 Å². The lowest BCUT2D eigenvalue weighted by Gasteiger charge is -2.35. The Kier molecular flexibility index (Phi) is 7.31. The SMILES string of the molecule is CC(C)Cc1ccc(CN2CCCC(NS(=O)(=O)N3CCCCC3)C2)cc1. The molecule has 0 saturated carbocycles. The van der Waals surface area contributed by atoms with E-state index < -0.39 is 10.2 Å². The molecule has 2 heterocycles. The lowest BCUT2D eigenvalue weighted by atomic mass is 10.0. The van der Waals surface area contributed by atoms with Gasteiger partial charge in [-0.15, -0.1) is 0 Å². The van der Waals surface area contributed by atoms with Crippen LogP contribution in [0.3, 0.4) is 0 Å². The van der Waals surface area contributed by atoms with Gasteiger partial charge in [-0.2, -0.15) is 17.4 Å². The van der Waals surface area contributed by atoms with Crippen molar-refractivity contribution in [1.82, 2.24) is 13.9 Å². The molecule has 1 unspecified atom stereocenters. The van der Waals surface area contributed by atoms with E-state index in [2.05, 4.69) is 47.7 Å². The molecule has 152 valence electrons. The van der Waals surface area contributed by atoms with Crippen LogP contribution in [0.15, 0.2) is 24.3 Å². The van der Waals surface area contributed by atoms with Gasteiger partial charge in [-0.3, -0.25) is 4.90 Å². The molecule has 2 fully saturated rings. The molecule has 1 aromatic carbocycles. The standard InChI is InChI=1S/C21H35N3O2S/c1-18(2)15-19-8-10-20(11-9-19)16-23-12-6-7-21(17-23)22-27(25,26)24-13-4-3-5-14-24/h8-11,18,21-22H,3-7,12-17H2,1-2H3. The van der Waals surface area contributed by atoms with Gasteiger partial charge in [0.25, 0.3) is 10.2 Å². The molecule has 0 spiro atoms. The van der Waals surface area contributed by atoms with Crippen molar-refractivity contribution in [3.05, 3.63) is 35.4 Å². The number of likely N-dealkylation sites (tertiary alicyclic amines) is 1. The average molecular weight is 394 g/mol. The number of piperidine rings is 2. The molecule has 0 radical (unpaired) electrons. The second-order valence-electron chi connectivity index (χ2n) is 8.57. The van der Waals surface area contributed by atoms with Gasteiger partial charge in [-0.05, 0) is 55.7 Å². The summed E-state index contributed by atoms with van der Waals surface area (Å²) in [6, 6.07) is 8.93. The van der Waals surface area contributed by atoms with Crippen LogP contribution in [-0.2, 0) is 23.2 Å². The maximum absolute atomic E-state index is 12.6. The van der Waals surface area contributed by atoms with Crippen LogP contribution in [0.5, 0.6) is 0 Å². The third-order valence-electron chi connectivity index (χ3n) is 5.55. The smallest absolute Gasteiger partial charge is 0.279 e. The van der Waals surface area contributed by atoms with E-state index >= 15 is 0 Å². The lowest BCUT2D eigenvalue weighted by Crippen LogP contribution is -2.52. The zero-order valence-electron chi connectivity index (χ0n) is 16.9. The van der Waals surface area contributed by atoms with Crippen LogP contribution < -0.4 is 4.72 Å². The van der Waals surface area contributed by atoms with Crippen LogP contribution in [0.4, 0.5) is 0 Å². The predicted octanol–water partition coefficient (Wildman–Crippen LogP) is 3.17. The van der Waals surface area contributed by atoms with E-state index in [1.807, 2.05) is 0 Å². The van der Waals surface area contributed by atoms with Gasteiger partial charge >= 0.3 is 0 Å². The van der Waals surface area contributed by atoms with Gasteiger partial charge in [0.2, 0.25) is 0 Å². The highest BCUT2D eigenvalue weighted by Gasteiger charge is 2.29. The Bertz CT molecular complexity index is 682. The first kappa shape index (κ1) is 20.8. The first-order chi connectivity index (χ1) is 12.9. The molecule has 0 aliphatic carbocycles. The quantitative estimate of drug-likeness (QED) is 0.774. The Morgan fingerprint density at radius 2 is 1.67 bits per heavy atom. The summed E-state index contributed by atoms with van der Waals surface area (Å²) in [6.45, 7) is 8.53. The van der Waals surface area contributed by atoms with Crippen molar-refractivity contribution in [2.24, 2.45) is 5.92 Å². The van der Waals surface area contributed by atoms with E-state index in [4.69, 9.17) is 0 Å². The van der Waals surface area contributed by atoms with Crippen molar-refractivity contribution < 1.29 is 8.42 Å². The van der Waals surface area contributed by atoms with Crippen LogP contribution in [0.25, 0.3) is 0 Å². The first-order valence-corrected chi connectivity index (χ1v) is 11.9. The second kappa shape index (κ2) is 9.50. The van der Waals surface area contributed by atoms with E-state index in [-0.39, 0.29) is 6.04 Å². The summed E-state index contributed by atoms with van der Waals surface area (Å²) in [5, 5.41) is 0. The van der Waals surface area contributed by atoms with E-state index in [9.17, 15) is 8.42 Å². The number of hydrogen-bond acceptors (Lipinski definition) is 3. The Morgan fingerprint density at radius 1 is 1.00 bits per heavy atom. The first-order valence-electron chi connectivity index (χ1n) is 10.5. The number of nitrogens with zero attached hydrogens (tertiary/aromatic N) is 2. The van der Waals surface area contributed by atoms with Crippen molar-refractivity contribution in [2.45, 2.75) is 65.0 Å². The summed E-state index contributed by atoms with van der Waals surface area (Å²) in [5.41, 5.74) is 2.70. The summed E-state index contributed by atoms with van der Waals surface area (Å²) in [6.07, 6.45) is 6.17. The van der Waals surface area contributed by atoms with E-state index in [0.717, 1.165) is 58.2 Å². The highest BCUT2D eigenvalue weighted by Crippen LogP contribution is 2.18. The molecule has 1 aromatic rings. The van der Waals surface area contributed by atoms with E-state index in [1.165, 1.54) is 11.1 Å². The molecule has 0 amide bonds. The second-order valence-corrected chi connectivity index (χ2v) is 10.3. The molecule has 6 heteroatoms. The zero-order valence-corrected chi connectivity index (χ0v) is 17.7. The molecule has 1 atom stereocenters. The van der Waals surface area contributed by atoms with Crippen molar-refractivity contribution >= 4 is 10.2 Å². The maximum atomic E-state index is 12.6. The molecular formula is C21H35N3O2S. The molecule has 2 saturated heterocycles. The molecule has 5 nitrogen and oxygen atoms in total. The van der Waals surface area contributed by atoms with Gasteiger partial charge in [0, 0.05) is 32.2 Å². The molecule has 3 rings (SSSR count). The number of rotatable bonds is 7. The van der Waals surface area contributed by atoms with Crippen molar-refractivity contribution in [3.63, 3.8) is 0 Å². The van der Waals surface area contributed by atoms with E-state index in [1.54, 1.807) is 4.31 Å². The average Bonchev–Trinajstić information content (AvgIpc) is 2.64. The Morgan fingerprint density at radius 3 is 2.33 bits per heavy atom. The van der Waals surface area contributed by atoms with E-state index in [0.29, 0.717) is 19.0 Å². The zero-order chi connectivity index (χ0) is 19.3. The van der Waals surface area contributed by atoms with Gasteiger partial charge in [0.05, 0.1) is 0 Å². The monoisotopic (exact) mass is 393 g/mol. The molecule has 2 aliphatic rings. The normalized spacial score (nSPS) is 23.0. The highest BCUT2D eigenvalue weighted by molar-refractivity contribution is 7.87. The minimum Gasteiger partial charge on any atom is -0.298 e. The minimum atomic E-state index is -3.34. The predicted molar refractivity (Wildman–Crippen MR) is 111 cm³/mol. The van der Waals surface area contributed by atoms with Crippen molar-refractivity contribution in [3.8, 4) is 0 Å². The fourth-order valence-electron chi connectivity index (χ4n) is 4.20. The Labute approximate surface area is 165 Å². The molecular weight excluding hydrogens is 358 g/mol. The van der Waals surface area contributed by atoms with Crippen LogP contribution in [0.1, 0.15) is 57.1 Å². The largest absolute Gasteiger partial charge is 0.298 e. The fourth-order valence-corrected chi connectivity index (χ4v) is 5.70. The number of benzene rings is 1. The number of nitrogens with one attached hydrogen (secondary N) is 1. The van der Waals surface area contributed by atoms with Gasteiger partial charge in [-0.1, -0.05) is 44.5 Å². The van der Waals surface area contributed by atoms with Crippen LogP contribution in [0, 0.1) is 5.92 Å². The molecule has 1 N–H and O–H groups in total. The maximum Gasteiger partial charge on any atom is 0.279 e. The fraction of sp³-hybridized carbons (Fsp3) is 0.714. The third-order valence-corrected chi connectivity index (χ3v) is 7.23. The molecule has 0 bridgehead atoms. The van der Waals surface area contributed by atoms with Crippen LogP contribution in [-0.4, -0.2) is 49.8 Å². The van der Waals surface area contributed by atoms with Crippen LogP contribution in [0.2, 0.25) is 0 Å². The molecule has 0 aromatic heterocycles. The lowest BCUT2D eigenvalue weighted by molar-refractivity contribution is 0.192. The Hall–Kier alpha value is -0.950. The minimum absolute atomic E-state index is 0.0193. The third kappa shape index (κ3) is 6.28. The Balaban J connectivity index is 1.53. The van der Waals surface area contributed by atoms with Gasteiger partial charge in [0.15, 0.2) is 0 Å². The van der Waals surface area contributed by atoms with Gasteiger partial charge < -0.3 is 0 Å². The summed E-state index contributed by atoms with van der Waals surface area (Å²) in [4.78, 5) is 2.38. The van der Waals surface area contributed by atoms with Gasteiger partial charge in [0.1, 0.15) is 0 Å².